The smallest absolute Gasteiger partial charge is 0.407 e. The number of hydrogen-bond donors (Lipinski definition) is 2. The molecular weight excluding hydrogens is 402 g/mol. The van der Waals surface area contributed by atoms with Crippen LogP contribution in [0.5, 0.6) is 0 Å². The number of amides is 3. The predicted molar refractivity (Wildman–Crippen MR) is 119 cm³/mol. The highest BCUT2D eigenvalue weighted by molar-refractivity contribution is 7.19. The standard InChI is InChI=1S/C21H29N5O3S/c1-21(2,3)29-20(28)23-12-16-14-25(4)10-11-26(16)19(27)24-18-22-13-17(30-18)15-8-6-5-7-9-15/h5-9,13,16H,10-12,14H2,1-4H3,(H,23,28)(H,22,24,27). The van der Waals surface area contributed by atoms with Crippen molar-refractivity contribution in [3.63, 3.8) is 0 Å². The van der Waals surface area contributed by atoms with Gasteiger partial charge in [0.2, 0.25) is 0 Å². The lowest BCUT2D eigenvalue weighted by molar-refractivity contribution is 0.0490. The fraction of sp³-hybridized carbons (Fsp3) is 0.476. The molecule has 30 heavy (non-hydrogen) atoms. The number of thiazole rings is 1. The Morgan fingerprint density at radius 3 is 2.67 bits per heavy atom. The van der Waals surface area contributed by atoms with Gasteiger partial charge in [0, 0.05) is 32.4 Å². The summed E-state index contributed by atoms with van der Waals surface area (Å²) in [4.78, 5) is 34.2. The molecule has 3 amide bonds. The highest BCUT2D eigenvalue weighted by Crippen LogP contribution is 2.29. The van der Waals surface area contributed by atoms with Crippen molar-refractivity contribution in [3.05, 3.63) is 36.5 Å². The zero-order valence-electron chi connectivity index (χ0n) is 17.8. The molecule has 9 heteroatoms. The van der Waals surface area contributed by atoms with Crippen LogP contribution in [0.4, 0.5) is 14.7 Å². The SMILES string of the molecule is CN1CCN(C(=O)Nc2ncc(-c3ccccc3)s2)C(CNC(=O)OC(C)(C)C)C1. The van der Waals surface area contributed by atoms with E-state index < -0.39 is 11.7 Å². The molecule has 162 valence electrons. The zero-order chi connectivity index (χ0) is 21.7. The molecule has 8 nitrogen and oxygen atoms in total. The minimum absolute atomic E-state index is 0.162. The van der Waals surface area contributed by atoms with Crippen molar-refractivity contribution in [1.82, 2.24) is 20.1 Å². The fourth-order valence-corrected chi connectivity index (χ4v) is 4.01. The quantitative estimate of drug-likeness (QED) is 0.774. The van der Waals surface area contributed by atoms with Crippen LogP contribution >= 0.6 is 11.3 Å². The van der Waals surface area contributed by atoms with Gasteiger partial charge in [-0.15, -0.1) is 0 Å². The van der Waals surface area contributed by atoms with Crippen LogP contribution in [0, 0.1) is 0 Å². The second-order valence-corrected chi connectivity index (χ2v) is 9.35. The molecule has 1 aliphatic heterocycles. The number of anilines is 1. The first-order valence-corrected chi connectivity index (χ1v) is 10.8. The molecule has 0 bridgehead atoms. The molecule has 0 radical (unpaired) electrons. The van der Waals surface area contributed by atoms with Crippen LogP contribution < -0.4 is 10.6 Å². The third-order valence-electron chi connectivity index (χ3n) is 4.61. The molecule has 0 saturated carbocycles. The van der Waals surface area contributed by atoms with E-state index in [4.69, 9.17) is 4.74 Å². The topological polar surface area (TPSA) is 86.8 Å². The van der Waals surface area contributed by atoms with Gasteiger partial charge >= 0.3 is 12.1 Å². The Kier molecular flexibility index (Phi) is 6.94. The first kappa shape index (κ1) is 22.0. The molecule has 2 N–H and O–H groups in total. The average molecular weight is 432 g/mol. The summed E-state index contributed by atoms with van der Waals surface area (Å²) < 4.78 is 5.30. The number of urea groups is 1. The molecule has 1 aliphatic rings. The number of aromatic nitrogens is 1. The lowest BCUT2D eigenvalue weighted by Gasteiger charge is -2.39. The van der Waals surface area contributed by atoms with Crippen molar-refractivity contribution >= 4 is 28.6 Å². The molecule has 0 aliphatic carbocycles. The largest absolute Gasteiger partial charge is 0.444 e. The number of nitrogens with zero attached hydrogens (tertiary/aromatic N) is 3. The maximum absolute atomic E-state index is 12.9. The van der Waals surface area contributed by atoms with Gasteiger partial charge in [-0.3, -0.25) is 5.32 Å². The number of rotatable bonds is 4. The predicted octanol–water partition coefficient (Wildman–Crippen LogP) is 3.48. The maximum atomic E-state index is 12.9. The number of ether oxygens (including phenoxy) is 1. The number of piperazine rings is 1. The van der Waals surface area contributed by atoms with Gasteiger partial charge in [-0.05, 0) is 33.4 Å². The zero-order valence-corrected chi connectivity index (χ0v) is 18.7. The van der Waals surface area contributed by atoms with Gasteiger partial charge in [0.05, 0.1) is 10.9 Å². The number of nitrogens with one attached hydrogen (secondary N) is 2. The van der Waals surface area contributed by atoms with E-state index >= 15 is 0 Å². The Morgan fingerprint density at radius 2 is 1.97 bits per heavy atom. The first-order valence-electron chi connectivity index (χ1n) is 9.95. The lowest BCUT2D eigenvalue weighted by Crippen LogP contribution is -2.58. The van der Waals surface area contributed by atoms with Crippen molar-refractivity contribution < 1.29 is 14.3 Å². The van der Waals surface area contributed by atoms with Gasteiger partial charge < -0.3 is 19.9 Å². The number of likely N-dealkylation sites (N-methyl/N-ethyl adjacent to an activating group) is 1. The van der Waals surface area contributed by atoms with Gasteiger partial charge in [0.25, 0.3) is 0 Å². The van der Waals surface area contributed by atoms with Crippen LogP contribution in [-0.4, -0.2) is 71.8 Å². The van der Waals surface area contributed by atoms with Gasteiger partial charge in [-0.1, -0.05) is 41.7 Å². The summed E-state index contributed by atoms with van der Waals surface area (Å²) in [5.74, 6) is 0. The molecule has 0 spiro atoms. The molecule has 1 unspecified atom stereocenters. The van der Waals surface area contributed by atoms with E-state index in [9.17, 15) is 9.59 Å². The first-order chi connectivity index (χ1) is 14.2. The van der Waals surface area contributed by atoms with Crippen molar-refractivity contribution in [2.75, 3.05) is 38.5 Å². The third-order valence-corrected chi connectivity index (χ3v) is 5.57. The highest BCUT2D eigenvalue weighted by Gasteiger charge is 2.30. The Hall–Kier alpha value is -2.65. The summed E-state index contributed by atoms with van der Waals surface area (Å²) in [5.41, 5.74) is 0.501. The number of carbonyl (C=O) groups excluding carboxylic acids is 2. The van der Waals surface area contributed by atoms with Gasteiger partial charge in [0.15, 0.2) is 5.13 Å². The highest BCUT2D eigenvalue weighted by atomic mass is 32.1. The molecule has 2 heterocycles. The third kappa shape index (κ3) is 6.17. The molecule has 1 fully saturated rings. The Labute approximate surface area is 181 Å². The molecular formula is C21H29N5O3S. The molecule has 1 atom stereocenters. The Bertz CT molecular complexity index is 865. The average Bonchev–Trinajstić information content (AvgIpc) is 3.14. The minimum Gasteiger partial charge on any atom is -0.444 e. The summed E-state index contributed by atoms with van der Waals surface area (Å²) in [6.07, 6.45) is 1.28. The molecule has 1 saturated heterocycles. The van der Waals surface area contributed by atoms with E-state index in [2.05, 4.69) is 20.5 Å². The Balaban J connectivity index is 1.61. The molecule has 1 aromatic carbocycles. The van der Waals surface area contributed by atoms with Crippen LogP contribution in [0.25, 0.3) is 10.4 Å². The van der Waals surface area contributed by atoms with Crippen molar-refractivity contribution in [1.29, 1.82) is 0 Å². The van der Waals surface area contributed by atoms with E-state index in [0.29, 0.717) is 24.8 Å². The van der Waals surface area contributed by atoms with Gasteiger partial charge in [0.1, 0.15) is 5.60 Å². The number of hydrogen-bond acceptors (Lipinski definition) is 6. The van der Waals surface area contributed by atoms with Crippen molar-refractivity contribution in [3.8, 4) is 10.4 Å². The minimum atomic E-state index is -0.564. The molecule has 1 aromatic heterocycles. The van der Waals surface area contributed by atoms with E-state index in [-0.39, 0.29) is 12.1 Å². The second-order valence-electron chi connectivity index (χ2n) is 8.32. The van der Waals surface area contributed by atoms with Crippen LogP contribution in [0.3, 0.4) is 0 Å². The fourth-order valence-electron chi connectivity index (χ4n) is 3.20. The van der Waals surface area contributed by atoms with E-state index in [1.54, 1.807) is 11.1 Å². The van der Waals surface area contributed by atoms with Crippen LogP contribution in [0.1, 0.15) is 20.8 Å². The number of carbonyl (C=O) groups is 2. The van der Waals surface area contributed by atoms with Crippen LogP contribution in [-0.2, 0) is 4.74 Å². The maximum Gasteiger partial charge on any atom is 0.407 e. The Morgan fingerprint density at radius 1 is 1.23 bits per heavy atom. The molecule has 2 aromatic rings. The van der Waals surface area contributed by atoms with Crippen molar-refractivity contribution in [2.45, 2.75) is 32.4 Å². The summed E-state index contributed by atoms with van der Waals surface area (Å²) in [6, 6.07) is 9.56. The van der Waals surface area contributed by atoms with Gasteiger partial charge in [-0.25, -0.2) is 14.6 Å². The lowest BCUT2D eigenvalue weighted by atomic mass is 10.2. The number of alkyl carbamates (subject to hydrolysis) is 1. The summed E-state index contributed by atoms with van der Waals surface area (Å²) >= 11 is 1.43. The van der Waals surface area contributed by atoms with Crippen LogP contribution in [0.2, 0.25) is 0 Å². The van der Waals surface area contributed by atoms with E-state index in [1.165, 1.54) is 11.3 Å². The summed E-state index contributed by atoms with van der Waals surface area (Å²) in [5, 5.41) is 6.24. The summed E-state index contributed by atoms with van der Waals surface area (Å²) in [6.45, 7) is 7.77. The monoisotopic (exact) mass is 431 g/mol. The molecule has 3 rings (SSSR count). The van der Waals surface area contributed by atoms with E-state index in [1.807, 2.05) is 58.2 Å². The van der Waals surface area contributed by atoms with E-state index in [0.717, 1.165) is 17.0 Å². The van der Waals surface area contributed by atoms with Gasteiger partial charge in [-0.2, -0.15) is 0 Å². The van der Waals surface area contributed by atoms with Crippen molar-refractivity contribution in [2.24, 2.45) is 0 Å². The number of benzene rings is 1. The second kappa shape index (κ2) is 9.44. The normalized spacial score (nSPS) is 17.5. The summed E-state index contributed by atoms with van der Waals surface area (Å²) in [7, 11) is 2.00. The van der Waals surface area contributed by atoms with Crippen LogP contribution in [0.15, 0.2) is 36.5 Å².